The maximum absolute atomic E-state index is 13.2. The minimum absolute atomic E-state index is 0.0338. The van der Waals surface area contributed by atoms with Gasteiger partial charge in [0.05, 0.1) is 11.1 Å². The second-order valence-corrected chi connectivity index (χ2v) is 5.85. The van der Waals surface area contributed by atoms with Gasteiger partial charge in [-0.1, -0.05) is 6.92 Å². The van der Waals surface area contributed by atoms with Crippen LogP contribution in [0, 0.1) is 11.2 Å². The van der Waals surface area contributed by atoms with Gasteiger partial charge >= 0.3 is 0 Å². The molecule has 1 fully saturated rings. The van der Waals surface area contributed by atoms with Gasteiger partial charge < -0.3 is 10.6 Å². The van der Waals surface area contributed by atoms with Crippen molar-refractivity contribution in [3.8, 4) is 0 Å². The third-order valence-electron chi connectivity index (χ3n) is 3.81. The lowest BCUT2D eigenvalue weighted by atomic mass is 9.77. The number of anilines is 1. The van der Waals surface area contributed by atoms with Crippen molar-refractivity contribution in [3.63, 3.8) is 0 Å². The molecule has 1 heterocycles. The highest BCUT2D eigenvalue weighted by atomic mass is 79.9. The summed E-state index contributed by atoms with van der Waals surface area (Å²) >= 11 is 3.33. The first-order valence-corrected chi connectivity index (χ1v) is 7.34. The molecule has 0 bridgehead atoms. The van der Waals surface area contributed by atoms with E-state index in [9.17, 15) is 9.18 Å². The molecule has 0 aliphatic carbocycles. The number of carbonyl (C=O) groups excluding carboxylic acids is 1. The van der Waals surface area contributed by atoms with Gasteiger partial charge in [0.2, 0.25) is 5.91 Å². The van der Waals surface area contributed by atoms with Crippen molar-refractivity contribution in [2.75, 3.05) is 18.4 Å². The minimum atomic E-state index is -0.385. The Morgan fingerprint density at radius 1 is 1.58 bits per heavy atom. The first kappa shape index (κ1) is 14.5. The van der Waals surface area contributed by atoms with Crippen molar-refractivity contribution in [3.05, 3.63) is 28.5 Å². The number of halogens is 2. The van der Waals surface area contributed by atoms with E-state index in [0.717, 1.165) is 25.8 Å². The Morgan fingerprint density at radius 3 is 3.00 bits per heavy atom. The van der Waals surface area contributed by atoms with Crippen molar-refractivity contribution in [1.29, 1.82) is 0 Å². The molecule has 0 spiro atoms. The number of hydrogen-bond donors (Lipinski definition) is 2. The third kappa shape index (κ3) is 3.15. The molecule has 1 saturated heterocycles. The molecule has 1 atom stereocenters. The normalized spacial score (nSPS) is 23.1. The number of benzene rings is 1. The van der Waals surface area contributed by atoms with E-state index in [1.165, 1.54) is 12.1 Å². The van der Waals surface area contributed by atoms with Crippen LogP contribution < -0.4 is 10.6 Å². The standard InChI is InChI=1S/C14H18BrFN2O/c1-2-14(6-3-7-17-9-14)13(19)18-12-8-10(16)4-5-11(12)15/h4-5,8,17H,2-3,6-7,9H2,1H3,(H,18,19). The summed E-state index contributed by atoms with van der Waals surface area (Å²) in [5.74, 6) is -0.390. The van der Waals surface area contributed by atoms with Gasteiger partial charge in [0, 0.05) is 11.0 Å². The van der Waals surface area contributed by atoms with Crippen LogP contribution in [0.4, 0.5) is 10.1 Å². The van der Waals surface area contributed by atoms with E-state index in [1.807, 2.05) is 6.92 Å². The minimum Gasteiger partial charge on any atom is -0.324 e. The average Bonchev–Trinajstić information content (AvgIpc) is 2.43. The predicted octanol–water partition coefficient (Wildman–Crippen LogP) is 3.31. The fraction of sp³-hybridized carbons (Fsp3) is 0.500. The molecule has 2 rings (SSSR count). The molecule has 5 heteroatoms. The van der Waals surface area contributed by atoms with Crippen molar-refractivity contribution < 1.29 is 9.18 Å². The molecule has 1 aromatic rings. The van der Waals surface area contributed by atoms with Crippen LogP contribution in [-0.4, -0.2) is 19.0 Å². The van der Waals surface area contributed by atoms with Crippen molar-refractivity contribution in [1.82, 2.24) is 5.32 Å². The summed E-state index contributed by atoms with van der Waals surface area (Å²) < 4.78 is 13.9. The van der Waals surface area contributed by atoms with Gasteiger partial charge in [-0.05, 0) is 59.9 Å². The Morgan fingerprint density at radius 2 is 2.37 bits per heavy atom. The lowest BCUT2D eigenvalue weighted by Crippen LogP contribution is -2.47. The quantitative estimate of drug-likeness (QED) is 0.893. The Kier molecular flexibility index (Phi) is 4.58. The van der Waals surface area contributed by atoms with E-state index in [-0.39, 0.29) is 17.1 Å². The molecule has 0 saturated carbocycles. The van der Waals surface area contributed by atoms with Gasteiger partial charge in [0.25, 0.3) is 0 Å². The number of rotatable bonds is 3. The van der Waals surface area contributed by atoms with Gasteiger partial charge in [-0.25, -0.2) is 4.39 Å². The average molecular weight is 329 g/mol. The van der Waals surface area contributed by atoms with Crippen LogP contribution in [0.5, 0.6) is 0 Å². The Hall–Kier alpha value is -0.940. The van der Waals surface area contributed by atoms with E-state index < -0.39 is 0 Å². The second-order valence-electron chi connectivity index (χ2n) is 4.99. The zero-order valence-electron chi connectivity index (χ0n) is 10.9. The van der Waals surface area contributed by atoms with E-state index >= 15 is 0 Å². The maximum atomic E-state index is 13.2. The Labute approximate surface area is 121 Å². The lowest BCUT2D eigenvalue weighted by molar-refractivity contribution is -0.126. The molecule has 0 aromatic heterocycles. The van der Waals surface area contributed by atoms with E-state index in [4.69, 9.17) is 0 Å². The van der Waals surface area contributed by atoms with Gasteiger partial charge in [0.15, 0.2) is 0 Å². The molecular weight excluding hydrogens is 311 g/mol. The zero-order chi connectivity index (χ0) is 13.9. The number of piperidine rings is 1. The predicted molar refractivity (Wildman–Crippen MR) is 77.6 cm³/mol. The molecule has 2 N–H and O–H groups in total. The van der Waals surface area contributed by atoms with E-state index in [0.29, 0.717) is 16.7 Å². The fourth-order valence-electron chi connectivity index (χ4n) is 2.47. The maximum Gasteiger partial charge on any atom is 0.231 e. The molecule has 3 nitrogen and oxygen atoms in total. The summed E-state index contributed by atoms with van der Waals surface area (Å²) in [5.41, 5.74) is 0.104. The smallest absolute Gasteiger partial charge is 0.231 e. The van der Waals surface area contributed by atoms with Crippen LogP contribution in [0.15, 0.2) is 22.7 Å². The topological polar surface area (TPSA) is 41.1 Å². The number of nitrogens with one attached hydrogen (secondary N) is 2. The van der Waals surface area contributed by atoms with Crippen molar-refractivity contribution in [2.24, 2.45) is 5.41 Å². The molecule has 0 radical (unpaired) electrons. The Bertz CT molecular complexity index is 473. The molecular formula is C14H18BrFN2O. The molecule has 1 aliphatic rings. The highest BCUT2D eigenvalue weighted by Gasteiger charge is 2.37. The summed E-state index contributed by atoms with van der Waals surface area (Å²) in [5, 5.41) is 6.12. The number of carbonyl (C=O) groups is 1. The van der Waals surface area contributed by atoms with Crippen LogP contribution in [0.1, 0.15) is 26.2 Å². The van der Waals surface area contributed by atoms with Gasteiger partial charge in [0.1, 0.15) is 5.82 Å². The molecule has 104 valence electrons. The van der Waals surface area contributed by atoms with E-state index in [1.54, 1.807) is 6.07 Å². The van der Waals surface area contributed by atoms with Crippen LogP contribution in [0.25, 0.3) is 0 Å². The summed E-state index contributed by atoms with van der Waals surface area (Å²) in [6.07, 6.45) is 2.64. The number of amides is 1. The first-order valence-electron chi connectivity index (χ1n) is 6.54. The van der Waals surface area contributed by atoms with Crippen molar-refractivity contribution >= 4 is 27.5 Å². The largest absolute Gasteiger partial charge is 0.324 e. The zero-order valence-corrected chi connectivity index (χ0v) is 12.5. The Balaban J connectivity index is 2.17. The van der Waals surface area contributed by atoms with Gasteiger partial charge in [-0.15, -0.1) is 0 Å². The third-order valence-corrected chi connectivity index (χ3v) is 4.50. The summed E-state index contributed by atoms with van der Waals surface area (Å²) in [7, 11) is 0. The van der Waals surface area contributed by atoms with Crippen LogP contribution >= 0.6 is 15.9 Å². The fourth-order valence-corrected chi connectivity index (χ4v) is 2.82. The molecule has 1 unspecified atom stereocenters. The van der Waals surface area contributed by atoms with Crippen LogP contribution in [0.2, 0.25) is 0 Å². The van der Waals surface area contributed by atoms with Crippen molar-refractivity contribution in [2.45, 2.75) is 26.2 Å². The SMILES string of the molecule is CCC1(C(=O)Nc2cc(F)ccc2Br)CCCNC1. The summed E-state index contributed by atoms with van der Waals surface area (Å²) in [6.45, 7) is 3.66. The summed E-state index contributed by atoms with van der Waals surface area (Å²) in [4.78, 5) is 12.5. The van der Waals surface area contributed by atoms with Crippen LogP contribution in [-0.2, 0) is 4.79 Å². The first-order chi connectivity index (χ1) is 9.07. The monoisotopic (exact) mass is 328 g/mol. The highest BCUT2D eigenvalue weighted by molar-refractivity contribution is 9.10. The summed E-state index contributed by atoms with van der Waals surface area (Å²) in [6, 6.07) is 4.29. The molecule has 1 aliphatic heterocycles. The highest BCUT2D eigenvalue weighted by Crippen LogP contribution is 2.33. The van der Waals surface area contributed by atoms with Gasteiger partial charge in [-0.3, -0.25) is 4.79 Å². The molecule has 19 heavy (non-hydrogen) atoms. The lowest BCUT2D eigenvalue weighted by Gasteiger charge is -2.35. The second kappa shape index (κ2) is 6.01. The van der Waals surface area contributed by atoms with Gasteiger partial charge in [-0.2, -0.15) is 0 Å². The molecule has 1 amide bonds. The van der Waals surface area contributed by atoms with Crippen LogP contribution in [0.3, 0.4) is 0 Å². The van der Waals surface area contributed by atoms with E-state index in [2.05, 4.69) is 26.6 Å². The number of hydrogen-bond acceptors (Lipinski definition) is 2. The molecule has 1 aromatic carbocycles.